The maximum atomic E-state index is 6.02. The molecule has 1 spiro atoms. The van der Waals surface area contributed by atoms with E-state index in [1.807, 2.05) is 0 Å². The zero-order valence-corrected chi connectivity index (χ0v) is 12.4. The maximum Gasteiger partial charge on any atom is 0.0685 e. The fourth-order valence-corrected chi connectivity index (χ4v) is 3.67. The predicted molar refractivity (Wildman–Crippen MR) is 81.3 cm³/mol. The molecule has 0 bridgehead atoms. The molecule has 20 heavy (non-hydrogen) atoms. The molecule has 0 aromatic heterocycles. The van der Waals surface area contributed by atoms with Crippen molar-refractivity contribution in [2.75, 3.05) is 6.61 Å². The Morgan fingerprint density at radius 1 is 1.35 bits per heavy atom. The first-order valence-corrected chi connectivity index (χ1v) is 7.86. The summed E-state index contributed by atoms with van der Waals surface area (Å²) in [7, 11) is 0. The van der Waals surface area contributed by atoms with Gasteiger partial charge in [-0.05, 0) is 56.9 Å². The molecule has 3 nitrogen and oxygen atoms in total. The molecule has 1 aliphatic carbocycles. The molecule has 3 rings (SSSR count). The van der Waals surface area contributed by atoms with Gasteiger partial charge in [0.05, 0.1) is 5.60 Å². The van der Waals surface area contributed by atoms with Crippen LogP contribution in [0.2, 0.25) is 0 Å². The lowest BCUT2D eigenvalue weighted by Gasteiger charge is -2.48. The van der Waals surface area contributed by atoms with Gasteiger partial charge >= 0.3 is 0 Å². The summed E-state index contributed by atoms with van der Waals surface area (Å²) in [5.41, 5.74) is 5.94. The molecule has 2 unspecified atom stereocenters. The molecule has 1 aromatic carbocycles. The summed E-state index contributed by atoms with van der Waals surface area (Å²) < 4.78 is 6.02. The zero-order chi connectivity index (χ0) is 14.0. The summed E-state index contributed by atoms with van der Waals surface area (Å²) in [6.45, 7) is 3.03. The quantitative estimate of drug-likeness (QED) is 0.655. The topological polar surface area (TPSA) is 47.3 Å². The van der Waals surface area contributed by atoms with Gasteiger partial charge in [0, 0.05) is 12.6 Å². The average Bonchev–Trinajstić information content (AvgIpc) is 2.45. The Balaban J connectivity index is 1.65. The second kappa shape index (κ2) is 5.84. The molecule has 2 fully saturated rings. The van der Waals surface area contributed by atoms with Gasteiger partial charge in [-0.25, -0.2) is 0 Å². The molecule has 1 aliphatic heterocycles. The molecule has 1 saturated heterocycles. The largest absolute Gasteiger partial charge is 0.375 e. The van der Waals surface area contributed by atoms with Crippen molar-refractivity contribution >= 4 is 0 Å². The fraction of sp³-hybridized carbons (Fsp3) is 0.647. The van der Waals surface area contributed by atoms with Crippen molar-refractivity contribution in [3.8, 4) is 0 Å². The van der Waals surface area contributed by atoms with Crippen molar-refractivity contribution in [1.29, 1.82) is 0 Å². The summed E-state index contributed by atoms with van der Waals surface area (Å²) in [4.78, 5) is 0. The molecule has 1 heterocycles. The normalized spacial score (nSPS) is 26.2. The van der Waals surface area contributed by atoms with Crippen LogP contribution in [0.3, 0.4) is 0 Å². The SMILES string of the molecule is Cc1ccc(CC(NN)C2CCOC3(CCC3)C2)cc1. The standard InChI is InChI=1S/C17H26N2O/c1-13-3-5-14(6-4-13)11-16(19-18)15-7-10-20-17(12-15)8-2-9-17/h3-6,15-16,19H,2,7-12,18H2,1H3. The molecule has 1 aromatic rings. The van der Waals surface area contributed by atoms with E-state index in [1.54, 1.807) is 0 Å². The van der Waals surface area contributed by atoms with Crippen LogP contribution < -0.4 is 11.3 Å². The number of aryl methyl sites for hydroxylation is 1. The van der Waals surface area contributed by atoms with E-state index in [9.17, 15) is 0 Å². The zero-order valence-electron chi connectivity index (χ0n) is 12.4. The minimum atomic E-state index is 0.200. The Hall–Kier alpha value is -0.900. The minimum absolute atomic E-state index is 0.200. The van der Waals surface area contributed by atoms with Gasteiger partial charge in [-0.1, -0.05) is 29.8 Å². The number of ether oxygens (including phenoxy) is 1. The van der Waals surface area contributed by atoms with E-state index in [0.29, 0.717) is 12.0 Å². The molecule has 1 saturated carbocycles. The van der Waals surface area contributed by atoms with Crippen LogP contribution in [0.1, 0.15) is 43.2 Å². The molecule has 110 valence electrons. The first kappa shape index (κ1) is 14.1. The van der Waals surface area contributed by atoms with Crippen LogP contribution in [0.25, 0.3) is 0 Å². The molecular formula is C17H26N2O. The summed E-state index contributed by atoms with van der Waals surface area (Å²) in [5, 5.41) is 0. The Labute approximate surface area is 121 Å². The number of hydrazine groups is 1. The number of rotatable bonds is 4. The van der Waals surface area contributed by atoms with Gasteiger partial charge in [-0.2, -0.15) is 0 Å². The van der Waals surface area contributed by atoms with Gasteiger partial charge in [0.25, 0.3) is 0 Å². The third-order valence-corrected chi connectivity index (χ3v) is 5.16. The lowest BCUT2D eigenvalue weighted by molar-refractivity contribution is -0.147. The van der Waals surface area contributed by atoms with Gasteiger partial charge in [0.1, 0.15) is 0 Å². The number of nitrogens with one attached hydrogen (secondary N) is 1. The number of nitrogens with two attached hydrogens (primary N) is 1. The van der Waals surface area contributed by atoms with Crippen LogP contribution in [-0.2, 0) is 11.2 Å². The van der Waals surface area contributed by atoms with Gasteiger partial charge in [0.2, 0.25) is 0 Å². The average molecular weight is 274 g/mol. The van der Waals surface area contributed by atoms with Gasteiger partial charge in [-0.15, -0.1) is 0 Å². The van der Waals surface area contributed by atoms with Crippen molar-refractivity contribution in [2.45, 2.75) is 57.1 Å². The smallest absolute Gasteiger partial charge is 0.0685 e. The van der Waals surface area contributed by atoms with E-state index < -0.39 is 0 Å². The highest BCUT2D eigenvalue weighted by Gasteiger charge is 2.44. The second-order valence-electron chi connectivity index (χ2n) is 6.60. The van der Waals surface area contributed by atoms with E-state index >= 15 is 0 Å². The molecular weight excluding hydrogens is 248 g/mol. The lowest BCUT2D eigenvalue weighted by Crippen LogP contribution is -2.52. The van der Waals surface area contributed by atoms with Gasteiger partial charge < -0.3 is 4.74 Å². The van der Waals surface area contributed by atoms with Crippen molar-refractivity contribution in [3.05, 3.63) is 35.4 Å². The Kier molecular flexibility index (Phi) is 4.11. The third-order valence-electron chi connectivity index (χ3n) is 5.16. The predicted octanol–water partition coefficient (Wildman–Crippen LogP) is 2.72. The van der Waals surface area contributed by atoms with E-state index in [0.717, 1.165) is 19.4 Å². The highest BCUT2D eigenvalue weighted by atomic mass is 16.5. The van der Waals surface area contributed by atoms with Crippen molar-refractivity contribution in [3.63, 3.8) is 0 Å². The minimum Gasteiger partial charge on any atom is -0.375 e. The molecule has 0 amide bonds. The summed E-state index contributed by atoms with van der Waals surface area (Å²) in [6, 6.07) is 9.16. The number of benzene rings is 1. The summed E-state index contributed by atoms with van der Waals surface area (Å²) >= 11 is 0. The molecule has 3 heteroatoms. The Morgan fingerprint density at radius 2 is 2.10 bits per heavy atom. The van der Waals surface area contributed by atoms with Crippen LogP contribution in [0.4, 0.5) is 0 Å². The second-order valence-corrected chi connectivity index (χ2v) is 6.60. The maximum absolute atomic E-state index is 6.02. The van der Waals surface area contributed by atoms with Crippen LogP contribution in [0.5, 0.6) is 0 Å². The van der Waals surface area contributed by atoms with Crippen molar-refractivity contribution in [1.82, 2.24) is 5.43 Å². The number of hydrogen-bond acceptors (Lipinski definition) is 3. The van der Waals surface area contributed by atoms with Crippen molar-refractivity contribution in [2.24, 2.45) is 11.8 Å². The first-order chi connectivity index (χ1) is 9.71. The highest BCUT2D eigenvalue weighted by molar-refractivity contribution is 5.22. The van der Waals surface area contributed by atoms with E-state index in [2.05, 4.69) is 36.6 Å². The third kappa shape index (κ3) is 2.90. The van der Waals surface area contributed by atoms with Crippen LogP contribution in [-0.4, -0.2) is 18.2 Å². The van der Waals surface area contributed by atoms with E-state index in [4.69, 9.17) is 10.6 Å². The molecule has 3 N–H and O–H groups in total. The summed E-state index contributed by atoms with van der Waals surface area (Å²) in [6.07, 6.45) is 7.12. The Morgan fingerprint density at radius 3 is 2.70 bits per heavy atom. The molecule has 0 radical (unpaired) electrons. The first-order valence-electron chi connectivity index (χ1n) is 7.86. The van der Waals surface area contributed by atoms with Gasteiger partial charge in [0.15, 0.2) is 0 Å². The summed E-state index contributed by atoms with van der Waals surface area (Å²) in [5.74, 6) is 6.47. The lowest BCUT2D eigenvalue weighted by atomic mass is 9.70. The Bertz CT molecular complexity index is 439. The van der Waals surface area contributed by atoms with E-state index in [1.165, 1.54) is 36.8 Å². The molecule has 2 atom stereocenters. The highest BCUT2D eigenvalue weighted by Crippen LogP contribution is 2.45. The van der Waals surface area contributed by atoms with E-state index in [-0.39, 0.29) is 5.60 Å². The van der Waals surface area contributed by atoms with Crippen LogP contribution in [0.15, 0.2) is 24.3 Å². The fourth-order valence-electron chi connectivity index (χ4n) is 3.67. The molecule has 2 aliphatic rings. The van der Waals surface area contributed by atoms with Crippen molar-refractivity contribution < 1.29 is 4.74 Å². The monoisotopic (exact) mass is 274 g/mol. The van der Waals surface area contributed by atoms with Crippen LogP contribution in [0, 0.1) is 12.8 Å². The van der Waals surface area contributed by atoms with Crippen LogP contribution >= 0.6 is 0 Å². The number of hydrogen-bond donors (Lipinski definition) is 2. The van der Waals surface area contributed by atoms with Gasteiger partial charge in [-0.3, -0.25) is 11.3 Å².